The normalized spacial score (nSPS) is 13.4. The number of rotatable bonds is 3. The monoisotopic (exact) mass is 268 g/mol. The largest absolute Gasteiger partial charge is 0.369 e. The first-order valence-electron chi connectivity index (χ1n) is 7.09. The molecule has 2 aromatic heterocycles. The zero-order valence-corrected chi connectivity index (χ0v) is 12.2. The van der Waals surface area contributed by atoms with E-state index >= 15 is 0 Å². The van der Waals surface area contributed by atoms with Crippen LogP contribution in [0.1, 0.15) is 33.2 Å². The maximum atomic E-state index is 6.15. The van der Waals surface area contributed by atoms with Crippen LogP contribution in [0.2, 0.25) is 0 Å². The van der Waals surface area contributed by atoms with E-state index in [1.54, 1.807) is 0 Å². The third-order valence-corrected chi connectivity index (χ3v) is 3.70. The van der Waals surface area contributed by atoms with E-state index in [4.69, 9.17) is 5.73 Å². The molecular formula is C16H20N4. The molecule has 0 aliphatic heterocycles. The molecule has 0 saturated heterocycles. The summed E-state index contributed by atoms with van der Waals surface area (Å²) in [6.07, 6.45) is 2.89. The fourth-order valence-corrected chi connectivity index (χ4v) is 2.98. The van der Waals surface area contributed by atoms with Crippen molar-refractivity contribution in [1.82, 2.24) is 14.5 Å². The number of anilines is 1. The highest BCUT2D eigenvalue weighted by Gasteiger charge is 2.17. The van der Waals surface area contributed by atoms with E-state index in [1.807, 2.05) is 24.4 Å². The Labute approximate surface area is 118 Å². The lowest BCUT2D eigenvalue weighted by atomic mass is 10.0. The Hall–Kier alpha value is -2.10. The van der Waals surface area contributed by atoms with Gasteiger partial charge in [0.05, 0.1) is 17.2 Å². The van der Waals surface area contributed by atoms with Gasteiger partial charge in [-0.25, -0.2) is 4.98 Å². The topological polar surface area (TPSA) is 56.7 Å². The molecule has 0 amide bonds. The summed E-state index contributed by atoms with van der Waals surface area (Å²) in [6, 6.07) is 8.47. The van der Waals surface area contributed by atoms with Gasteiger partial charge >= 0.3 is 0 Å². The first-order valence-corrected chi connectivity index (χ1v) is 7.09. The number of nitrogen functional groups attached to an aromatic ring is 1. The highest BCUT2D eigenvalue weighted by Crippen LogP contribution is 2.30. The average Bonchev–Trinajstić information content (AvgIpc) is 2.74. The van der Waals surface area contributed by atoms with Crippen molar-refractivity contribution in [2.75, 3.05) is 5.73 Å². The van der Waals surface area contributed by atoms with Gasteiger partial charge in [-0.3, -0.25) is 4.98 Å². The van der Waals surface area contributed by atoms with Crippen LogP contribution >= 0.6 is 0 Å². The summed E-state index contributed by atoms with van der Waals surface area (Å²) in [6.45, 7) is 6.66. The highest BCUT2D eigenvalue weighted by atomic mass is 15.2. The van der Waals surface area contributed by atoms with Crippen LogP contribution in [0, 0.1) is 5.92 Å². The van der Waals surface area contributed by atoms with E-state index in [-0.39, 0.29) is 0 Å². The molecule has 4 heteroatoms. The Bertz CT molecular complexity index is 758. The molecule has 3 rings (SSSR count). The molecule has 0 radical (unpaired) electrons. The Morgan fingerprint density at radius 3 is 2.65 bits per heavy atom. The van der Waals surface area contributed by atoms with Crippen molar-refractivity contribution in [1.29, 1.82) is 0 Å². The molecule has 20 heavy (non-hydrogen) atoms. The predicted molar refractivity (Wildman–Crippen MR) is 83.6 cm³/mol. The molecule has 3 aromatic rings. The van der Waals surface area contributed by atoms with E-state index in [9.17, 15) is 0 Å². The second-order valence-electron chi connectivity index (χ2n) is 5.83. The molecule has 0 aliphatic carbocycles. The van der Waals surface area contributed by atoms with Crippen molar-refractivity contribution in [3.63, 3.8) is 0 Å². The lowest BCUT2D eigenvalue weighted by Gasteiger charge is -2.18. The Morgan fingerprint density at radius 1 is 1.15 bits per heavy atom. The minimum atomic E-state index is 0.325. The first-order chi connectivity index (χ1) is 9.58. The Balaban J connectivity index is 2.30. The molecule has 0 aliphatic rings. The van der Waals surface area contributed by atoms with Crippen molar-refractivity contribution in [2.24, 2.45) is 5.92 Å². The van der Waals surface area contributed by atoms with E-state index in [0.29, 0.717) is 17.9 Å². The minimum absolute atomic E-state index is 0.325. The van der Waals surface area contributed by atoms with E-state index < -0.39 is 0 Å². The zero-order chi connectivity index (χ0) is 14.3. The number of fused-ring (bicyclic) bond motifs is 3. The van der Waals surface area contributed by atoms with Crippen LogP contribution in [0.5, 0.6) is 0 Å². The van der Waals surface area contributed by atoms with Crippen LogP contribution < -0.4 is 5.73 Å². The number of benzene rings is 1. The quantitative estimate of drug-likeness (QED) is 0.786. The van der Waals surface area contributed by atoms with Gasteiger partial charge in [-0.05, 0) is 25.3 Å². The summed E-state index contributed by atoms with van der Waals surface area (Å²) in [4.78, 5) is 8.92. The van der Waals surface area contributed by atoms with Crippen molar-refractivity contribution >= 4 is 27.9 Å². The number of para-hydroxylation sites is 1. The van der Waals surface area contributed by atoms with Crippen molar-refractivity contribution in [2.45, 2.75) is 33.2 Å². The minimum Gasteiger partial charge on any atom is -0.369 e. The molecule has 2 N–H and O–H groups in total. The number of pyridine rings is 1. The molecule has 104 valence electrons. The van der Waals surface area contributed by atoms with Crippen molar-refractivity contribution in [3.8, 4) is 0 Å². The van der Waals surface area contributed by atoms with Crippen molar-refractivity contribution < 1.29 is 0 Å². The summed E-state index contributed by atoms with van der Waals surface area (Å²) in [7, 11) is 0. The summed E-state index contributed by atoms with van der Waals surface area (Å²) < 4.78 is 2.15. The Kier molecular flexibility index (Phi) is 3.08. The van der Waals surface area contributed by atoms with Crippen molar-refractivity contribution in [3.05, 3.63) is 30.5 Å². The van der Waals surface area contributed by atoms with Crippen LogP contribution in [-0.4, -0.2) is 14.5 Å². The number of nitrogens with zero attached hydrogens (tertiary/aromatic N) is 3. The van der Waals surface area contributed by atoms with Gasteiger partial charge in [0.1, 0.15) is 5.52 Å². The third-order valence-electron chi connectivity index (χ3n) is 3.70. The Morgan fingerprint density at radius 2 is 1.90 bits per heavy atom. The fourth-order valence-electron chi connectivity index (χ4n) is 2.98. The van der Waals surface area contributed by atoms with E-state index in [2.05, 4.69) is 41.4 Å². The van der Waals surface area contributed by atoms with Crippen LogP contribution in [0.3, 0.4) is 0 Å². The van der Waals surface area contributed by atoms with E-state index in [0.717, 1.165) is 28.4 Å². The number of aromatic nitrogens is 3. The summed E-state index contributed by atoms with van der Waals surface area (Å²) in [5.41, 5.74) is 9.10. The molecule has 0 fully saturated rings. The lowest BCUT2D eigenvalue weighted by Crippen LogP contribution is -2.11. The number of nitrogens with two attached hydrogens (primary N) is 1. The molecule has 1 aromatic carbocycles. The van der Waals surface area contributed by atoms with Gasteiger partial charge in [0.2, 0.25) is 5.95 Å². The van der Waals surface area contributed by atoms with Gasteiger partial charge in [0.25, 0.3) is 0 Å². The lowest BCUT2D eigenvalue weighted by molar-refractivity contribution is 0.440. The summed E-state index contributed by atoms with van der Waals surface area (Å²) in [5.74, 6) is 1.20. The SMILES string of the molecule is CC(C)CC(C)n1c(N)nc2cnc3ccccc3c21. The van der Waals surface area contributed by atoms with Crippen LogP contribution in [0.25, 0.3) is 21.9 Å². The molecule has 4 nitrogen and oxygen atoms in total. The standard InChI is InChI=1S/C16H20N4/c1-10(2)8-11(3)20-15-12-6-4-5-7-13(12)18-9-14(15)19-16(20)17/h4-7,9-11H,8H2,1-3H3,(H2,17,19). The van der Waals surface area contributed by atoms with Gasteiger partial charge in [-0.1, -0.05) is 32.0 Å². The zero-order valence-electron chi connectivity index (χ0n) is 12.2. The molecule has 1 unspecified atom stereocenters. The van der Waals surface area contributed by atoms with Crippen LogP contribution in [0.4, 0.5) is 5.95 Å². The highest BCUT2D eigenvalue weighted by molar-refractivity contribution is 6.03. The maximum Gasteiger partial charge on any atom is 0.201 e. The number of hydrogen-bond donors (Lipinski definition) is 1. The maximum absolute atomic E-state index is 6.15. The third kappa shape index (κ3) is 2.01. The molecule has 0 saturated carbocycles. The molecule has 0 spiro atoms. The smallest absolute Gasteiger partial charge is 0.201 e. The van der Waals surface area contributed by atoms with Gasteiger partial charge in [-0.2, -0.15) is 0 Å². The fraction of sp³-hybridized carbons (Fsp3) is 0.375. The van der Waals surface area contributed by atoms with Crippen LogP contribution in [-0.2, 0) is 0 Å². The number of imidazole rings is 1. The molecular weight excluding hydrogens is 248 g/mol. The van der Waals surface area contributed by atoms with Gasteiger partial charge in [0, 0.05) is 11.4 Å². The molecule has 2 heterocycles. The average molecular weight is 268 g/mol. The second kappa shape index (κ2) is 4.78. The molecule has 1 atom stereocenters. The van der Waals surface area contributed by atoms with Gasteiger partial charge in [-0.15, -0.1) is 0 Å². The number of hydrogen-bond acceptors (Lipinski definition) is 3. The summed E-state index contributed by atoms with van der Waals surface area (Å²) in [5, 5.41) is 1.12. The van der Waals surface area contributed by atoms with E-state index in [1.165, 1.54) is 0 Å². The summed E-state index contributed by atoms with van der Waals surface area (Å²) >= 11 is 0. The van der Waals surface area contributed by atoms with Gasteiger partial charge in [0.15, 0.2) is 0 Å². The van der Waals surface area contributed by atoms with Gasteiger partial charge < -0.3 is 10.3 Å². The molecule has 0 bridgehead atoms. The second-order valence-corrected chi connectivity index (χ2v) is 5.83. The van der Waals surface area contributed by atoms with Crippen LogP contribution in [0.15, 0.2) is 30.5 Å². The first kappa shape index (κ1) is 12.9. The predicted octanol–water partition coefficient (Wildman–Crippen LogP) is 3.77.